The lowest BCUT2D eigenvalue weighted by molar-refractivity contribution is -0.118. The average Bonchev–Trinajstić information content (AvgIpc) is 2.72. The van der Waals surface area contributed by atoms with Gasteiger partial charge in [0, 0.05) is 17.0 Å². The normalized spacial score (nSPS) is 13.0. The second kappa shape index (κ2) is 8.63. The molecule has 0 atom stereocenters. The summed E-state index contributed by atoms with van der Waals surface area (Å²) in [6.45, 7) is 0.937. The van der Waals surface area contributed by atoms with Crippen molar-refractivity contribution < 1.29 is 18.7 Å². The van der Waals surface area contributed by atoms with Crippen LogP contribution in [0, 0.1) is 5.82 Å². The van der Waals surface area contributed by atoms with Crippen molar-refractivity contribution in [2.45, 2.75) is 17.9 Å². The number of ether oxygens (including phenoxy) is 2. The van der Waals surface area contributed by atoms with E-state index < -0.39 is 0 Å². The Hall–Kier alpha value is -2.57. The van der Waals surface area contributed by atoms with E-state index in [2.05, 4.69) is 29.6 Å². The lowest BCUT2D eigenvalue weighted by atomic mass is 10.1. The van der Waals surface area contributed by atoms with Gasteiger partial charge >= 0.3 is 0 Å². The summed E-state index contributed by atoms with van der Waals surface area (Å²) in [4.78, 5) is 13.2. The molecular formula is C22H20FNO3S. The van der Waals surface area contributed by atoms with Crippen molar-refractivity contribution in [3.05, 3.63) is 71.5 Å². The summed E-state index contributed by atoms with van der Waals surface area (Å²) in [6, 6.07) is 17.2. The van der Waals surface area contributed by atoms with E-state index in [0.29, 0.717) is 36.6 Å². The number of benzene rings is 3. The van der Waals surface area contributed by atoms with Crippen LogP contribution in [0.5, 0.6) is 5.75 Å². The van der Waals surface area contributed by atoms with Gasteiger partial charge in [0.15, 0.2) is 6.79 Å². The van der Waals surface area contributed by atoms with Gasteiger partial charge in [-0.15, -0.1) is 11.8 Å². The van der Waals surface area contributed by atoms with Crippen LogP contribution in [0.2, 0.25) is 0 Å². The van der Waals surface area contributed by atoms with Crippen LogP contribution in [0.4, 0.5) is 4.39 Å². The maximum Gasteiger partial charge on any atom is 0.230 e. The third-order valence-electron chi connectivity index (χ3n) is 4.56. The molecule has 1 amide bonds. The third-order valence-corrected chi connectivity index (χ3v) is 5.55. The van der Waals surface area contributed by atoms with Crippen molar-refractivity contribution in [2.24, 2.45) is 0 Å². The van der Waals surface area contributed by atoms with E-state index in [4.69, 9.17) is 9.47 Å². The van der Waals surface area contributed by atoms with Crippen LogP contribution in [-0.2, 0) is 22.6 Å². The van der Waals surface area contributed by atoms with Crippen LogP contribution < -0.4 is 10.1 Å². The van der Waals surface area contributed by atoms with Crippen LogP contribution in [0.1, 0.15) is 11.1 Å². The van der Waals surface area contributed by atoms with E-state index in [1.54, 1.807) is 0 Å². The molecule has 0 aliphatic carbocycles. The number of fused-ring (bicyclic) bond motifs is 2. The predicted octanol–water partition coefficient (Wildman–Crippen LogP) is 4.30. The molecule has 0 saturated heterocycles. The van der Waals surface area contributed by atoms with Gasteiger partial charge in [-0.05, 0) is 47.0 Å². The minimum atomic E-state index is -0.318. The summed E-state index contributed by atoms with van der Waals surface area (Å²) in [5, 5.41) is 5.24. The van der Waals surface area contributed by atoms with Gasteiger partial charge in [0.25, 0.3) is 0 Å². The molecule has 0 spiro atoms. The predicted molar refractivity (Wildman–Crippen MR) is 108 cm³/mol. The standard InChI is InChI=1S/C22H20FNO3S/c23-19-9-17(22-18(10-19)12-26-14-27-22)7-8-24-21(25)13-28-20-6-5-15-3-1-2-4-16(15)11-20/h1-6,9-11H,7-8,12-14H2,(H,24,25). The second-order valence-corrected chi connectivity index (χ2v) is 7.61. The molecule has 0 radical (unpaired) electrons. The minimum Gasteiger partial charge on any atom is -0.467 e. The van der Waals surface area contributed by atoms with Gasteiger partial charge in [-0.1, -0.05) is 30.3 Å². The highest BCUT2D eigenvalue weighted by Crippen LogP contribution is 2.29. The van der Waals surface area contributed by atoms with Crippen LogP contribution >= 0.6 is 11.8 Å². The number of halogens is 1. The molecule has 0 bridgehead atoms. The quantitative estimate of drug-likeness (QED) is 0.630. The van der Waals surface area contributed by atoms with Crippen molar-refractivity contribution in [3.63, 3.8) is 0 Å². The van der Waals surface area contributed by atoms with E-state index in [0.717, 1.165) is 15.8 Å². The Labute approximate surface area is 167 Å². The van der Waals surface area contributed by atoms with E-state index in [1.807, 2.05) is 18.2 Å². The molecule has 4 rings (SSSR count). The van der Waals surface area contributed by atoms with E-state index in [9.17, 15) is 9.18 Å². The fourth-order valence-corrected chi connectivity index (χ4v) is 4.01. The maximum atomic E-state index is 13.8. The number of hydrogen-bond donors (Lipinski definition) is 1. The van der Waals surface area contributed by atoms with Gasteiger partial charge in [-0.3, -0.25) is 4.79 Å². The highest BCUT2D eigenvalue weighted by Gasteiger charge is 2.17. The molecule has 1 heterocycles. The van der Waals surface area contributed by atoms with Crippen LogP contribution in [-0.4, -0.2) is 25.0 Å². The molecule has 0 fully saturated rings. The van der Waals surface area contributed by atoms with Crippen molar-refractivity contribution in [3.8, 4) is 5.75 Å². The molecule has 4 nitrogen and oxygen atoms in total. The zero-order chi connectivity index (χ0) is 19.3. The second-order valence-electron chi connectivity index (χ2n) is 6.56. The third kappa shape index (κ3) is 4.46. The lowest BCUT2D eigenvalue weighted by Crippen LogP contribution is -2.27. The summed E-state index contributed by atoms with van der Waals surface area (Å²) in [6.07, 6.45) is 0.506. The van der Waals surface area contributed by atoms with Crippen LogP contribution in [0.3, 0.4) is 0 Å². The Bertz CT molecular complexity index is 1010. The Balaban J connectivity index is 1.29. The molecule has 0 saturated carbocycles. The molecule has 3 aromatic rings. The summed E-state index contributed by atoms with van der Waals surface area (Å²) in [5.74, 6) is 0.644. The number of thioether (sulfide) groups is 1. The largest absolute Gasteiger partial charge is 0.467 e. The number of rotatable bonds is 6. The van der Waals surface area contributed by atoms with Crippen molar-refractivity contribution in [1.82, 2.24) is 5.32 Å². The van der Waals surface area contributed by atoms with Crippen molar-refractivity contribution >= 4 is 28.4 Å². The zero-order valence-corrected chi connectivity index (χ0v) is 16.1. The Morgan fingerprint density at radius 2 is 1.96 bits per heavy atom. The Kier molecular flexibility index (Phi) is 5.78. The first-order valence-corrected chi connectivity index (χ1v) is 10.1. The molecule has 1 N–H and O–H groups in total. The molecule has 1 aliphatic rings. The lowest BCUT2D eigenvalue weighted by Gasteiger charge is -2.21. The number of amides is 1. The first-order valence-electron chi connectivity index (χ1n) is 9.09. The van der Waals surface area contributed by atoms with Gasteiger partial charge in [0.2, 0.25) is 5.91 Å². The van der Waals surface area contributed by atoms with Gasteiger partial charge in [-0.25, -0.2) is 4.39 Å². The molecule has 0 aromatic heterocycles. The van der Waals surface area contributed by atoms with E-state index in [1.165, 1.54) is 29.3 Å². The van der Waals surface area contributed by atoms with Crippen molar-refractivity contribution in [2.75, 3.05) is 19.1 Å². The molecular weight excluding hydrogens is 377 g/mol. The van der Waals surface area contributed by atoms with Gasteiger partial charge in [0.1, 0.15) is 11.6 Å². The fraction of sp³-hybridized carbons (Fsp3) is 0.227. The molecule has 0 unspecified atom stereocenters. The maximum absolute atomic E-state index is 13.8. The number of carbonyl (C=O) groups excluding carboxylic acids is 1. The molecule has 6 heteroatoms. The van der Waals surface area contributed by atoms with Gasteiger partial charge < -0.3 is 14.8 Å². The average molecular weight is 397 g/mol. The van der Waals surface area contributed by atoms with Crippen LogP contribution in [0.25, 0.3) is 10.8 Å². The Morgan fingerprint density at radius 1 is 1.11 bits per heavy atom. The number of nitrogens with one attached hydrogen (secondary N) is 1. The summed E-state index contributed by atoms with van der Waals surface area (Å²) in [5.41, 5.74) is 1.46. The van der Waals surface area contributed by atoms with Gasteiger partial charge in [0.05, 0.1) is 12.4 Å². The van der Waals surface area contributed by atoms with E-state index in [-0.39, 0.29) is 18.5 Å². The molecule has 1 aliphatic heterocycles. The summed E-state index contributed by atoms with van der Waals surface area (Å²) in [7, 11) is 0. The van der Waals surface area contributed by atoms with Crippen molar-refractivity contribution in [1.29, 1.82) is 0 Å². The zero-order valence-electron chi connectivity index (χ0n) is 15.2. The van der Waals surface area contributed by atoms with Gasteiger partial charge in [-0.2, -0.15) is 0 Å². The topological polar surface area (TPSA) is 47.6 Å². The SMILES string of the molecule is O=C(CSc1ccc2ccccc2c1)NCCc1cc(F)cc2c1OCOC2. The molecule has 28 heavy (non-hydrogen) atoms. The minimum absolute atomic E-state index is 0.0484. The fourth-order valence-electron chi connectivity index (χ4n) is 3.24. The summed E-state index contributed by atoms with van der Waals surface area (Å²) >= 11 is 1.50. The number of hydrogen-bond acceptors (Lipinski definition) is 4. The number of carbonyl (C=O) groups is 1. The highest BCUT2D eigenvalue weighted by atomic mass is 32.2. The first kappa shape index (κ1) is 18.8. The highest BCUT2D eigenvalue weighted by molar-refractivity contribution is 8.00. The molecule has 144 valence electrons. The Morgan fingerprint density at radius 3 is 2.86 bits per heavy atom. The monoisotopic (exact) mass is 397 g/mol. The summed E-state index contributed by atoms with van der Waals surface area (Å²) < 4.78 is 24.4. The van der Waals surface area contributed by atoms with Crippen LogP contribution in [0.15, 0.2) is 59.5 Å². The first-order chi connectivity index (χ1) is 13.7. The van der Waals surface area contributed by atoms with E-state index >= 15 is 0 Å². The smallest absolute Gasteiger partial charge is 0.230 e. The molecule has 3 aromatic carbocycles.